The third-order valence-electron chi connectivity index (χ3n) is 4.59. The summed E-state index contributed by atoms with van der Waals surface area (Å²) in [6.07, 6.45) is 4.13. The molecule has 1 saturated heterocycles. The molecule has 1 aromatic carbocycles. The summed E-state index contributed by atoms with van der Waals surface area (Å²) in [5.41, 5.74) is 1.78. The van der Waals surface area contributed by atoms with E-state index in [0.717, 1.165) is 19.6 Å². The Labute approximate surface area is 158 Å². The Balaban J connectivity index is 1.42. The van der Waals surface area contributed by atoms with Crippen molar-refractivity contribution in [3.63, 3.8) is 0 Å². The molecule has 26 heavy (non-hydrogen) atoms. The number of hydrogen-bond acceptors (Lipinski definition) is 4. The number of benzene rings is 1. The van der Waals surface area contributed by atoms with E-state index in [4.69, 9.17) is 11.6 Å². The molecule has 1 aliphatic heterocycles. The van der Waals surface area contributed by atoms with Crippen molar-refractivity contribution >= 4 is 23.3 Å². The third kappa shape index (κ3) is 5.13. The molecular formula is C20H22ClN3O2. The number of nitrogens with zero attached hydrogens (tertiary/aromatic N) is 3. The first-order valence-electron chi connectivity index (χ1n) is 8.79. The molecule has 0 bridgehead atoms. The highest BCUT2D eigenvalue weighted by atomic mass is 35.5. The number of piperazine rings is 1. The summed E-state index contributed by atoms with van der Waals surface area (Å²) in [6, 6.07) is 10.8. The van der Waals surface area contributed by atoms with Gasteiger partial charge in [0.15, 0.2) is 5.78 Å². The lowest BCUT2D eigenvalue weighted by Gasteiger charge is -2.34. The maximum Gasteiger partial charge on any atom is 0.223 e. The van der Waals surface area contributed by atoms with Crippen molar-refractivity contribution in [2.75, 3.05) is 26.2 Å². The van der Waals surface area contributed by atoms with Gasteiger partial charge >= 0.3 is 0 Å². The van der Waals surface area contributed by atoms with Crippen LogP contribution in [0.15, 0.2) is 48.8 Å². The van der Waals surface area contributed by atoms with Gasteiger partial charge in [-0.05, 0) is 35.9 Å². The fourth-order valence-corrected chi connectivity index (χ4v) is 3.19. The summed E-state index contributed by atoms with van der Waals surface area (Å²) in [6.45, 7) is 3.94. The van der Waals surface area contributed by atoms with E-state index in [0.29, 0.717) is 23.7 Å². The Morgan fingerprint density at radius 3 is 2.38 bits per heavy atom. The number of halogens is 1. The molecule has 136 valence electrons. The second kappa shape index (κ2) is 8.92. The summed E-state index contributed by atoms with van der Waals surface area (Å²) >= 11 is 5.83. The fourth-order valence-electron chi connectivity index (χ4n) is 3.06. The maximum atomic E-state index is 12.4. The number of aromatic nitrogens is 1. The highest BCUT2D eigenvalue weighted by Gasteiger charge is 2.21. The van der Waals surface area contributed by atoms with E-state index in [1.807, 2.05) is 17.2 Å². The second-order valence-electron chi connectivity index (χ2n) is 6.45. The molecule has 6 heteroatoms. The van der Waals surface area contributed by atoms with Gasteiger partial charge in [-0.2, -0.15) is 0 Å². The van der Waals surface area contributed by atoms with Crippen LogP contribution in [0.25, 0.3) is 0 Å². The van der Waals surface area contributed by atoms with Gasteiger partial charge in [0, 0.05) is 68.5 Å². The molecule has 0 spiro atoms. The molecule has 3 rings (SSSR count). The molecule has 0 atom stereocenters. The minimum atomic E-state index is -0.0229. The van der Waals surface area contributed by atoms with Crippen LogP contribution < -0.4 is 0 Å². The number of hydrogen-bond donors (Lipinski definition) is 0. The van der Waals surface area contributed by atoms with Crippen molar-refractivity contribution in [3.05, 3.63) is 64.9 Å². The average molecular weight is 372 g/mol. The number of carbonyl (C=O) groups excluding carboxylic acids is 2. The number of carbonyl (C=O) groups is 2. The molecule has 0 radical (unpaired) electrons. The Kier molecular flexibility index (Phi) is 6.36. The number of pyridine rings is 1. The largest absolute Gasteiger partial charge is 0.340 e. The van der Waals surface area contributed by atoms with E-state index < -0.39 is 0 Å². The van der Waals surface area contributed by atoms with E-state index in [1.54, 1.807) is 30.5 Å². The van der Waals surface area contributed by atoms with Gasteiger partial charge in [-0.15, -0.1) is 0 Å². The molecule has 0 N–H and O–H groups in total. The minimum absolute atomic E-state index is 0.0229. The monoisotopic (exact) mass is 371 g/mol. The van der Waals surface area contributed by atoms with Gasteiger partial charge in [0.1, 0.15) is 0 Å². The van der Waals surface area contributed by atoms with Gasteiger partial charge in [-0.25, -0.2) is 0 Å². The topological polar surface area (TPSA) is 53.5 Å². The highest BCUT2D eigenvalue weighted by Crippen LogP contribution is 2.13. The van der Waals surface area contributed by atoms with Crippen LogP contribution in [0.1, 0.15) is 28.8 Å². The van der Waals surface area contributed by atoms with Crippen molar-refractivity contribution in [2.24, 2.45) is 0 Å². The third-order valence-corrected chi connectivity index (χ3v) is 4.84. The van der Waals surface area contributed by atoms with E-state index >= 15 is 0 Å². The second-order valence-corrected chi connectivity index (χ2v) is 6.88. The van der Waals surface area contributed by atoms with Crippen molar-refractivity contribution < 1.29 is 9.59 Å². The Morgan fingerprint density at radius 2 is 1.73 bits per heavy atom. The number of rotatable bonds is 6. The van der Waals surface area contributed by atoms with Crippen LogP contribution in [0, 0.1) is 0 Å². The van der Waals surface area contributed by atoms with Crippen molar-refractivity contribution in [3.8, 4) is 0 Å². The van der Waals surface area contributed by atoms with Gasteiger partial charge in [-0.3, -0.25) is 19.5 Å². The summed E-state index contributed by atoms with van der Waals surface area (Å²) < 4.78 is 0. The molecule has 0 aliphatic carbocycles. The highest BCUT2D eigenvalue weighted by molar-refractivity contribution is 6.30. The lowest BCUT2D eigenvalue weighted by atomic mass is 10.1. The molecule has 0 saturated carbocycles. The smallest absolute Gasteiger partial charge is 0.223 e. The van der Waals surface area contributed by atoms with Crippen LogP contribution in [0.5, 0.6) is 0 Å². The van der Waals surface area contributed by atoms with Gasteiger partial charge in [0.25, 0.3) is 0 Å². The van der Waals surface area contributed by atoms with Gasteiger partial charge in [0.2, 0.25) is 5.91 Å². The zero-order chi connectivity index (χ0) is 18.4. The van der Waals surface area contributed by atoms with Crippen LogP contribution in [0.2, 0.25) is 5.02 Å². The summed E-state index contributed by atoms with van der Waals surface area (Å²) in [7, 11) is 0. The number of ketones is 1. The average Bonchev–Trinajstić information content (AvgIpc) is 2.68. The normalized spacial score (nSPS) is 15.0. The first kappa shape index (κ1) is 18.5. The lowest BCUT2D eigenvalue weighted by Crippen LogP contribution is -2.48. The Morgan fingerprint density at radius 1 is 1.00 bits per heavy atom. The molecule has 1 aliphatic rings. The molecule has 1 amide bonds. The summed E-state index contributed by atoms with van der Waals surface area (Å²) in [5, 5.41) is 0.599. The molecule has 1 fully saturated rings. The van der Waals surface area contributed by atoms with Crippen LogP contribution in [-0.4, -0.2) is 52.7 Å². The van der Waals surface area contributed by atoms with Crippen LogP contribution in [-0.2, 0) is 11.3 Å². The molecule has 5 nitrogen and oxygen atoms in total. The summed E-state index contributed by atoms with van der Waals surface area (Å²) in [4.78, 5) is 32.9. The zero-order valence-corrected chi connectivity index (χ0v) is 15.4. The molecular weight excluding hydrogens is 350 g/mol. The fraction of sp³-hybridized carbons (Fsp3) is 0.350. The molecule has 2 heterocycles. The number of Topliss-reactive ketones (excluding diaryl/α,β-unsaturated/α-hetero) is 1. The Bertz CT molecular complexity index is 741. The molecule has 2 aromatic rings. The first-order chi connectivity index (χ1) is 12.6. The first-order valence-corrected chi connectivity index (χ1v) is 9.17. The van der Waals surface area contributed by atoms with Crippen LogP contribution in [0.4, 0.5) is 0 Å². The van der Waals surface area contributed by atoms with Crippen molar-refractivity contribution in [1.29, 1.82) is 0 Å². The molecule has 1 aromatic heterocycles. The minimum Gasteiger partial charge on any atom is -0.340 e. The van der Waals surface area contributed by atoms with E-state index in [1.165, 1.54) is 5.56 Å². The Hall–Kier alpha value is -2.24. The van der Waals surface area contributed by atoms with E-state index in [9.17, 15) is 9.59 Å². The quantitative estimate of drug-likeness (QED) is 0.732. The van der Waals surface area contributed by atoms with E-state index in [-0.39, 0.29) is 24.5 Å². The van der Waals surface area contributed by atoms with Gasteiger partial charge < -0.3 is 4.90 Å². The lowest BCUT2D eigenvalue weighted by molar-refractivity contribution is -0.132. The van der Waals surface area contributed by atoms with Gasteiger partial charge in [0.05, 0.1) is 0 Å². The predicted molar refractivity (Wildman–Crippen MR) is 101 cm³/mol. The van der Waals surface area contributed by atoms with Crippen LogP contribution in [0.3, 0.4) is 0 Å². The standard InChI is InChI=1S/C20H22ClN3O2/c21-18-5-3-17(4-6-18)19(25)7-8-20(26)24-12-10-23(11-13-24)15-16-2-1-9-22-14-16/h1-6,9,14H,7-8,10-13,15H2. The van der Waals surface area contributed by atoms with Crippen LogP contribution >= 0.6 is 11.6 Å². The van der Waals surface area contributed by atoms with Crippen molar-refractivity contribution in [2.45, 2.75) is 19.4 Å². The maximum absolute atomic E-state index is 12.4. The SMILES string of the molecule is O=C(CCC(=O)N1CCN(Cc2cccnc2)CC1)c1ccc(Cl)cc1. The molecule has 0 unspecified atom stereocenters. The van der Waals surface area contributed by atoms with Crippen molar-refractivity contribution in [1.82, 2.24) is 14.8 Å². The number of amides is 1. The zero-order valence-electron chi connectivity index (χ0n) is 14.6. The van der Waals surface area contributed by atoms with Gasteiger partial charge in [-0.1, -0.05) is 17.7 Å². The predicted octanol–water partition coefficient (Wildman–Crippen LogP) is 3.04. The van der Waals surface area contributed by atoms with E-state index in [2.05, 4.69) is 16.0 Å². The summed E-state index contributed by atoms with van der Waals surface area (Å²) in [5.74, 6) is 0.0265.